The minimum absolute atomic E-state index is 0.164. The van der Waals surface area contributed by atoms with Crippen molar-refractivity contribution in [3.8, 4) is 11.1 Å². The van der Waals surface area contributed by atoms with Gasteiger partial charge in [0.1, 0.15) is 0 Å². The fourth-order valence-corrected chi connectivity index (χ4v) is 4.72. The van der Waals surface area contributed by atoms with Crippen LogP contribution >= 0.6 is 0 Å². The van der Waals surface area contributed by atoms with Crippen molar-refractivity contribution in [3.63, 3.8) is 0 Å². The molecule has 4 heteroatoms. The number of carbonyl (C=O) groups is 2. The van der Waals surface area contributed by atoms with E-state index in [9.17, 15) is 9.59 Å². The third-order valence-electron chi connectivity index (χ3n) is 5.96. The van der Waals surface area contributed by atoms with Gasteiger partial charge in [-0.3, -0.25) is 9.59 Å². The quantitative estimate of drug-likeness (QED) is 0.617. The summed E-state index contributed by atoms with van der Waals surface area (Å²) in [5.41, 5.74) is 1.40. The summed E-state index contributed by atoms with van der Waals surface area (Å²) in [6.45, 7) is 3.79. The van der Waals surface area contributed by atoms with Crippen LogP contribution in [-0.4, -0.2) is 23.0 Å². The average molecular weight is 345 g/mol. The molecule has 2 fully saturated rings. The zero-order valence-corrected chi connectivity index (χ0v) is 14.7. The molecule has 2 aromatic carbocycles. The van der Waals surface area contributed by atoms with Gasteiger partial charge in [0.15, 0.2) is 0 Å². The number of nitrogens with zero attached hydrogens (tertiary/aromatic N) is 1. The smallest absolute Gasteiger partial charge is 0.241 e. The number of fused-ring (bicyclic) bond motifs is 5. The summed E-state index contributed by atoms with van der Waals surface area (Å²) < 4.78 is 6.04. The zero-order chi connectivity index (χ0) is 18.1. The second-order valence-corrected chi connectivity index (χ2v) is 7.68. The highest BCUT2D eigenvalue weighted by Crippen LogP contribution is 2.57. The SMILES string of the molecule is C[C@]12C=C[C@@](C)(O1)[C@H]1C(=O)N(c3ccc(-c4ccccc4)cc3)C(=O)[C@@H]12. The number of ether oxygens (including phenoxy) is 1. The number of benzene rings is 2. The molecule has 2 saturated heterocycles. The van der Waals surface area contributed by atoms with E-state index in [1.54, 1.807) is 0 Å². The summed E-state index contributed by atoms with van der Waals surface area (Å²) in [5, 5.41) is 0. The summed E-state index contributed by atoms with van der Waals surface area (Å²) in [6, 6.07) is 17.6. The van der Waals surface area contributed by atoms with Gasteiger partial charge >= 0.3 is 0 Å². The molecule has 2 aromatic rings. The summed E-state index contributed by atoms with van der Waals surface area (Å²) in [5.74, 6) is -1.22. The van der Waals surface area contributed by atoms with Crippen molar-refractivity contribution in [3.05, 3.63) is 66.7 Å². The fourth-order valence-electron chi connectivity index (χ4n) is 4.72. The predicted molar refractivity (Wildman–Crippen MR) is 98.4 cm³/mol. The van der Waals surface area contributed by atoms with E-state index >= 15 is 0 Å². The van der Waals surface area contributed by atoms with Gasteiger partial charge in [0.25, 0.3) is 0 Å². The summed E-state index contributed by atoms with van der Waals surface area (Å²) in [7, 11) is 0. The van der Waals surface area contributed by atoms with Gasteiger partial charge in [0.2, 0.25) is 11.8 Å². The molecule has 3 aliphatic heterocycles. The van der Waals surface area contributed by atoms with Gasteiger partial charge in [-0.2, -0.15) is 0 Å². The summed E-state index contributed by atoms with van der Waals surface area (Å²) >= 11 is 0. The van der Waals surface area contributed by atoms with Gasteiger partial charge in [-0.15, -0.1) is 0 Å². The van der Waals surface area contributed by atoms with Crippen LogP contribution in [-0.2, 0) is 14.3 Å². The van der Waals surface area contributed by atoms with Gasteiger partial charge in [-0.05, 0) is 37.1 Å². The van der Waals surface area contributed by atoms with Crippen LogP contribution in [0, 0.1) is 11.8 Å². The number of anilines is 1. The molecule has 4 atom stereocenters. The molecule has 0 unspecified atom stereocenters. The van der Waals surface area contributed by atoms with Gasteiger partial charge in [-0.1, -0.05) is 54.6 Å². The maximum absolute atomic E-state index is 13.1. The van der Waals surface area contributed by atoms with E-state index in [0.29, 0.717) is 5.69 Å². The van der Waals surface area contributed by atoms with Gasteiger partial charge in [-0.25, -0.2) is 4.90 Å². The Bertz CT molecular complexity index is 913. The molecule has 2 bridgehead atoms. The Labute approximate surface area is 152 Å². The van der Waals surface area contributed by atoms with Crippen LogP contribution < -0.4 is 4.90 Å². The van der Waals surface area contributed by atoms with E-state index in [1.165, 1.54) is 4.90 Å². The minimum Gasteiger partial charge on any atom is -0.359 e. The average Bonchev–Trinajstić information content (AvgIpc) is 3.20. The van der Waals surface area contributed by atoms with Crippen molar-refractivity contribution in [2.75, 3.05) is 4.90 Å². The molecule has 0 N–H and O–H groups in total. The van der Waals surface area contributed by atoms with Gasteiger partial charge in [0.05, 0.1) is 28.7 Å². The van der Waals surface area contributed by atoms with Crippen LogP contribution in [0.15, 0.2) is 66.7 Å². The maximum atomic E-state index is 13.1. The molecule has 0 spiro atoms. The molecule has 130 valence electrons. The Morgan fingerprint density at radius 2 is 1.27 bits per heavy atom. The van der Waals surface area contributed by atoms with Crippen molar-refractivity contribution in [2.24, 2.45) is 11.8 Å². The van der Waals surface area contributed by atoms with Crippen LogP contribution in [0.2, 0.25) is 0 Å². The highest BCUT2D eigenvalue weighted by atomic mass is 16.5. The van der Waals surface area contributed by atoms with Crippen molar-refractivity contribution < 1.29 is 14.3 Å². The van der Waals surface area contributed by atoms with Crippen LogP contribution in [0.1, 0.15) is 13.8 Å². The third kappa shape index (κ3) is 1.88. The standard InChI is InChI=1S/C22H19NO3/c1-21-12-13-22(2,26-21)18-17(21)19(24)23(20(18)25)16-10-8-15(9-11-16)14-6-4-3-5-7-14/h3-13,17-18H,1-2H3/t17-,18-,21-,22-/m1/s1. The first-order valence-corrected chi connectivity index (χ1v) is 8.87. The summed E-state index contributed by atoms with van der Waals surface area (Å²) in [6.07, 6.45) is 3.86. The van der Waals surface area contributed by atoms with E-state index in [1.807, 2.05) is 80.6 Å². The van der Waals surface area contributed by atoms with Crippen molar-refractivity contribution in [1.29, 1.82) is 0 Å². The first kappa shape index (κ1) is 15.5. The van der Waals surface area contributed by atoms with Crippen LogP contribution in [0.3, 0.4) is 0 Å². The monoisotopic (exact) mass is 345 g/mol. The van der Waals surface area contributed by atoms with E-state index in [4.69, 9.17) is 4.74 Å². The minimum atomic E-state index is -0.690. The molecule has 0 radical (unpaired) electrons. The number of hydrogen-bond acceptors (Lipinski definition) is 3. The van der Waals surface area contributed by atoms with Crippen LogP contribution in [0.4, 0.5) is 5.69 Å². The Kier molecular flexibility index (Phi) is 2.94. The molecular weight excluding hydrogens is 326 g/mol. The number of imide groups is 1. The molecular formula is C22H19NO3. The van der Waals surface area contributed by atoms with Crippen molar-refractivity contribution in [1.82, 2.24) is 0 Å². The molecule has 0 saturated carbocycles. The van der Waals surface area contributed by atoms with Gasteiger partial charge < -0.3 is 4.74 Å². The number of hydrogen-bond donors (Lipinski definition) is 0. The number of rotatable bonds is 2. The van der Waals surface area contributed by atoms with E-state index < -0.39 is 23.0 Å². The highest BCUT2D eigenvalue weighted by molar-refractivity contribution is 6.23. The van der Waals surface area contributed by atoms with Crippen LogP contribution in [0.5, 0.6) is 0 Å². The Balaban J connectivity index is 1.51. The number of amides is 2. The van der Waals surface area contributed by atoms with Crippen molar-refractivity contribution in [2.45, 2.75) is 25.0 Å². The highest BCUT2D eigenvalue weighted by Gasteiger charge is 2.70. The molecule has 3 aliphatic rings. The zero-order valence-electron chi connectivity index (χ0n) is 14.7. The molecule has 4 nitrogen and oxygen atoms in total. The maximum Gasteiger partial charge on any atom is 0.241 e. The second-order valence-electron chi connectivity index (χ2n) is 7.68. The lowest BCUT2D eigenvalue weighted by Gasteiger charge is -2.25. The largest absolute Gasteiger partial charge is 0.359 e. The lowest BCUT2D eigenvalue weighted by Crippen LogP contribution is -2.39. The molecule has 3 heterocycles. The Hall–Kier alpha value is -2.72. The number of carbonyl (C=O) groups excluding carboxylic acids is 2. The van der Waals surface area contributed by atoms with Gasteiger partial charge in [0, 0.05) is 0 Å². The van der Waals surface area contributed by atoms with Crippen molar-refractivity contribution >= 4 is 17.5 Å². The normalized spacial score (nSPS) is 34.6. The van der Waals surface area contributed by atoms with E-state index in [0.717, 1.165) is 11.1 Å². The third-order valence-corrected chi connectivity index (χ3v) is 5.96. The predicted octanol–water partition coefficient (Wildman–Crippen LogP) is 3.58. The van der Waals surface area contributed by atoms with E-state index in [-0.39, 0.29) is 11.8 Å². The lowest BCUT2D eigenvalue weighted by atomic mass is 9.73. The first-order valence-electron chi connectivity index (χ1n) is 8.87. The van der Waals surface area contributed by atoms with E-state index in [2.05, 4.69) is 0 Å². The van der Waals surface area contributed by atoms with Crippen LogP contribution in [0.25, 0.3) is 11.1 Å². The Morgan fingerprint density at radius 3 is 1.81 bits per heavy atom. The topological polar surface area (TPSA) is 46.6 Å². The lowest BCUT2D eigenvalue weighted by molar-refractivity contribution is -0.128. The molecule has 5 rings (SSSR count). The molecule has 26 heavy (non-hydrogen) atoms. The molecule has 0 aromatic heterocycles. The second kappa shape index (κ2) is 4.92. The molecule has 2 amide bonds. The molecule has 0 aliphatic carbocycles. The fraction of sp³-hybridized carbons (Fsp3) is 0.273. The first-order chi connectivity index (χ1) is 12.4. The Morgan fingerprint density at radius 1 is 0.769 bits per heavy atom. The summed E-state index contributed by atoms with van der Waals surface area (Å²) in [4.78, 5) is 27.5.